The van der Waals surface area contributed by atoms with Gasteiger partial charge >= 0.3 is 0 Å². The Morgan fingerprint density at radius 1 is 1.00 bits per heavy atom. The fraction of sp³-hybridized carbons (Fsp3) is 0.263. The zero-order chi connectivity index (χ0) is 19.9. The molecule has 0 aromatic heterocycles. The van der Waals surface area contributed by atoms with E-state index in [4.69, 9.17) is 5.14 Å². The molecule has 0 saturated carbocycles. The highest BCUT2D eigenvalue weighted by atomic mass is 32.2. The Hall–Kier alpha value is -2.71. The van der Waals surface area contributed by atoms with Crippen molar-refractivity contribution < 1.29 is 18.0 Å². The first kappa shape index (κ1) is 20.6. The Bertz CT molecular complexity index is 881. The number of amides is 2. The number of primary sulfonamides is 1. The first-order chi connectivity index (χ1) is 12.8. The van der Waals surface area contributed by atoms with Crippen molar-refractivity contribution in [1.29, 1.82) is 0 Å². The molecule has 7 nitrogen and oxygen atoms in total. The van der Waals surface area contributed by atoms with Gasteiger partial charge in [-0.15, -0.1) is 0 Å². The lowest BCUT2D eigenvalue weighted by molar-refractivity contribution is -0.128. The van der Waals surface area contributed by atoms with Crippen molar-refractivity contribution in [2.24, 2.45) is 5.14 Å². The smallest absolute Gasteiger partial charge is 0.251 e. The number of rotatable bonds is 8. The zero-order valence-corrected chi connectivity index (χ0v) is 15.9. The van der Waals surface area contributed by atoms with Crippen molar-refractivity contribution in [1.82, 2.24) is 10.2 Å². The molecule has 2 aromatic rings. The fourth-order valence-electron chi connectivity index (χ4n) is 2.53. The van der Waals surface area contributed by atoms with Crippen molar-refractivity contribution >= 4 is 21.8 Å². The minimum absolute atomic E-state index is 0.0540. The van der Waals surface area contributed by atoms with Crippen LogP contribution in [0.25, 0.3) is 0 Å². The Morgan fingerprint density at radius 2 is 1.63 bits per heavy atom. The van der Waals surface area contributed by atoms with Crippen LogP contribution < -0.4 is 10.5 Å². The van der Waals surface area contributed by atoms with Gasteiger partial charge in [-0.25, -0.2) is 13.6 Å². The standard InChI is InChI=1S/C19H23N3O4S/c1-15(23)22(14-12-21-19(24)17-5-3-2-4-6-17)13-11-16-7-9-18(10-8-16)27(20,25)26/h2-10H,11-14H2,1H3,(H,21,24)(H2,20,25,26). The fourth-order valence-corrected chi connectivity index (χ4v) is 3.05. The lowest BCUT2D eigenvalue weighted by atomic mass is 10.1. The average Bonchev–Trinajstić information content (AvgIpc) is 2.64. The molecule has 2 amide bonds. The normalized spacial score (nSPS) is 11.0. The minimum atomic E-state index is -3.71. The second-order valence-corrected chi connectivity index (χ2v) is 7.63. The van der Waals surface area contributed by atoms with Crippen LogP contribution in [-0.4, -0.2) is 44.8 Å². The van der Waals surface area contributed by atoms with Gasteiger partial charge in [0.2, 0.25) is 15.9 Å². The number of nitrogens with two attached hydrogens (primary N) is 1. The van der Waals surface area contributed by atoms with Crippen molar-refractivity contribution in [2.45, 2.75) is 18.2 Å². The first-order valence-electron chi connectivity index (χ1n) is 8.48. The largest absolute Gasteiger partial charge is 0.350 e. The highest BCUT2D eigenvalue weighted by Crippen LogP contribution is 2.10. The number of hydrogen-bond donors (Lipinski definition) is 2. The maximum atomic E-state index is 12.0. The molecular weight excluding hydrogens is 366 g/mol. The molecule has 0 bridgehead atoms. The van der Waals surface area contributed by atoms with E-state index in [1.54, 1.807) is 41.3 Å². The van der Waals surface area contributed by atoms with Gasteiger partial charge in [0.05, 0.1) is 4.90 Å². The summed E-state index contributed by atoms with van der Waals surface area (Å²) in [5, 5.41) is 7.87. The molecule has 0 fully saturated rings. The quantitative estimate of drug-likeness (QED) is 0.706. The summed E-state index contributed by atoms with van der Waals surface area (Å²) in [6.45, 7) is 2.68. The molecule has 0 aliphatic rings. The summed E-state index contributed by atoms with van der Waals surface area (Å²) >= 11 is 0. The molecule has 0 heterocycles. The van der Waals surface area contributed by atoms with Crippen LogP contribution in [0.1, 0.15) is 22.8 Å². The van der Waals surface area contributed by atoms with Gasteiger partial charge < -0.3 is 10.2 Å². The van der Waals surface area contributed by atoms with E-state index in [0.29, 0.717) is 31.6 Å². The topological polar surface area (TPSA) is 110 Å². The molecule has 0 spiro atoms. The van der Waals surface area contributed by atoms with Crippen LogP contribution in [0.2, 0.25) is 0 Å². The van der Waals surface area contributed by atoms with Crippen LogP contribution in [0.4, 0.5) is 0 Å². The predicted octanol–water partition coefficient (Wildman–Crippen LogP) is 1.16. The second kappa shape index (κ2) is 9.29. The van der Waals surface area contributed by atoms with Crippen LogP contribution in [0.5, 0.6) is 0 Å². The Labute approximate surface area is 159 Å². The lowest BCUT2D eigenvalue weighted by Crippen LogP contribution is -2.38. The molecule has 0 radical (unpaired) electrons. The molecular formula is C19H23N3O4S. The molecule has 0 saturated heterocycles. The van der Waals surface area contributed by atoms with Crippen LogP contribution in [0.3, 0.4) is 0 Å². The van der Waals surface area contributed by atoms with E-state index >= 15 is 0 Å². The van der Waals surface area contributed by atoms with E-state index in [0.717, 1.165) is 5.56 Å². The molecule has 8 heteroatoms. The van der Waals surface area contributed by atoms with E-state index < -0.39 is 10.0 Å². The molecule has 0 atom stereocenters. The SMILES string of the molecule is CC(=O)N(CCNC(=O)c1ccccc1)CCc1ccc(S(N)(=O)=O)cc1. The number of nitrogens with zero attached hydrogens (tertiary/aromatic N) is 1. The predicted molar refractivity (Wildman–Crippen MR) is 103 cm³/mol. The Morgan fingerprint density at radius 3 is 2.19 bits per heavy atom. The van der Waals surface area contributed by atoms with Gasteiger partial charge in [0.1, 0.15) is 0 Å². The highest BCUT2D eigenvalue weighted by Gasteiger charge is 2.11. The van der Waals surface area contributed by atoms with E-state index in [2.05, 4.69) is 5.32 Å². The van der Waals surface area contributed by atoms with Crippen molar-refractivity contribution in [3.63, 3.8) is 0 Å². The summed E-state index contributed by atoms with van der Waals surface area (Å²) in [5.74, 6) is -0.275. The van der Waals surface area contributed by atoms with Gasteiger partial charge in [0.25, 0.3) is 5.91 Å². The molecule has 0 unspecified atom stereocenters. The molecule has 2 rings (SSSR count). The summed E-state index contributed by atoms with van der Waals surface area (Å²) < 4.78 is 22.5. The molecule has 0 aliphatic heterocycles. The van der Waals surface area contributed by atoms with Crippen molar-refractivity contribution in [3.05, 3.63) is 65.7 Å². The van der Waals surface area contributed by atoms with Gasteiger partial charge in [-0.1, -0.05) is 30.3 Å². The third kappa shape index (κ3) is 6.50. The molecule has 27 heavy (non-hydrogen) atoms. The van der Waals surface area contributed by atoms with Gasteiger partial charge in [0.15, 0.2) is 0 Å². The van der Waals surface area contributed by atoms with Gasteiger partial charge in [-0.05, 0) is 36.2 Å². The Balaban J connectivity index is 1.85. The van der Waals surface area contributed by atoms with Gasteiger partial charge in [-0.2, -0.15) is 0 Å². The third-order valence-electron chi connectivity index (χ3n) is 4.07. The number of hydrogen-bond acceptors (Lipinski definition) is 4. The van der Waals surface area contributed by atoms with Crippen LogP contribution in [0.15, 0.2) is 59.5 Å². The third-order valence-corrected chi connectivity index (χ3v) is 5.00. The van der Waals surface area contributed by atoms with E-state index in [-0.39, 0.29) is 16.7 Å². The van der Waals surface area contributed by atoms with Crippen LogP contribution in [0, 0.1) is 0 Å². The summed E-state index contributed by atoms with van der Waals surface area (Å²) in [7, 11) is -3.71. The second-order valence-electron chi connectivity index (χ2n) is 6.07. The number of sulfonamides is 1. The number of benzene rings is 2. The molecule has 3 N–H and O–H groups in total. The summed E-state index contributed by atoms with van der Waals surface area (Å²) in [6.07, 6.45) is 0.567. The van der Waals surface area contributed by atoms with Crippen LogP contribution >= 0.6 is 0 Å². The number of carbonyl (C=O) groups excluding carboxylic acids is 2. The molecule has 2 aromatic carbocycles. The highest BCUT2D eigenvalue weighted by molar-refractivity contribution is 7.89. The Kier molecular flexibility index (Phi) is 7.09. The number of carbonyl (C=O) groups is 2. The molecule has 0 aliphatic carbocycles. The maximum absolute atomic E-state index is 12.0. The number of nitrogens with one attached hydrogen (secondary N) is 1. The van der Waals surface area contributed by atoms with Crippen molar-refractivity contribution in [3.8, 4) is 0 Å². The lowest BCUT2D eigenvalue weighted by Gasteiger charge is -2.21. The molecule has 144 valence electrons. The average molecular weight is 389 g/mol. The van der Waals surface area contributed by atoms with E-state index in [1.165, 1.54) is 19.1 Å². The van der Waals surface area contributed by atoms with Crippen LogP contribution in [-0.2, 0) is 21.2 Å². The van der Waals surface area contributed by atoms with Crippen molar-refractivity contribution in [2.75, 3.05) is 19.6 Å². The monoisotopic (exact) mass is 389 g/mol. The maximum Gasteiger partial charge on any atom is 0.251 e. The zero-order valence-electron chi connectivity index (χ0n) is 15.1. The van der Waals surface area contributed by atoms with E-state index in [9.17, 15) is 18.0 Å². The first-order valence-corrected chi connectivity index (χ1v) is 10.0. The van der Waals surface area contributed by atoms with E-state index in [1.807, 2.05) is 6.07 Å². The van der Waals surface area contributed by atoms with Gasteiger partial charge in [-0.3, -0.25) is 9.59 Å². The summed E-state index contributed by atoms with van der Waals surface area (Å²) in [4.78, 5) is 25.5. The minimum Gasteiger partial charge on any atom is -0.350 e. The van der Waals surface area contributed by atoms with Gasteiger partial charge in [0, 0.05) is 32.1 Å². The summed E-state index contributed by atoms with van der Waals surface area (Å²) in [5.41, 5.74) is 1.46. The summed E-state index contributed by atoms with van der Waals surface area (Å²) in [6, 6.07) is 15.1.